The molecule has 1 heterocycles. The number of carbonyl (C=O) groups is 1. The average molecular weight is 428 g/mol. The lowest BCUT2D eigenvalue weighted by Gasteiger charge is -2.09. The molecule has 0 unspecified atom stereocenters. The second-order valence-electron chi connectivity index (χ2n) is 7.22. The van der Waals surface area contributed by atoms with Crippen molar-refractivity contribution in [3.8, 4) is 34.0 Å². The minimum absolute atomic E-state index is 0.351. The van der Waals surface area contributed by atoms with Crippen LogP contribution >= 0.6 is 0 Å². The number of benzene rings is 3. The van der Waals surface area contributed by atoms with Crippen LogP contribution in [0.25, 0.3) is 22.5 Å². The summed E-state index contributed by atoms with van der Waals surface area (Å²) in [5, 5.41) is 4.88. The molecule has 0 saturated heterocycles. The van der Waals surface area contributed by atoms with Crippen LogP contribution in [-0.2, 0) is 11.3 Å². The first kappa shape index (κ1) is 21.2. The summed E-state index contributed by atoms with van der Waals surface area (Å²) >= 11 is 0. The van der Waals surface area contributed by atoms with E-state index in [1.165, 1.54) is 7.11 Å². The lowest BCUT2D eigenvalue weighted by molar-refractivity contribution is 0.0600. The molecule has 0 bridgehead atoms. The van der Waals surface area contributed by atoms with Crippen molar-refractivity contribution in [2.45, 2.75) is 6.54 Å². The van der Waals surface area contributed by atoms with Gasteiger partial charge in [0.05, 0.1) is 44.8 Å². The number of carbonyl (C=O) groups excluding carboxylic acids is 1. The van der Waals surface area contributed by atoms with Gasteiger partial charge in [0.1, 0.15) is 11.5 Å². The van der Waals surface area contributed by atoms with Gasteiger partial charge in [-0.3, -0.25) is 4.68 Å². The molecule has 0 N–H and O–H groups in total. The summed E-state index contributed by atoms with van der Waals surface area (Å²) in [7, 11) is 4.68. The van der Waals surface area contributed by atoms with Gasteiger partial charge in [0.15, 0.2) is 0 Å². The van der Waals surface area contributed by atoms with Gasteiger partial charge in [0.2, 0.25) is 0 Å². The fourth-order valence-electron chi connectivity index (χ4n) is 3.47. The van der Waals surface area contributed by atoms with Crippen molar-refractivity contribution in [1.82, 2.24) is 9.78 Å². The molecule has 0 spiro atoms. The van der Waals surface area contributed by atoms with E-state index < -0.39 is 0 Å². The molecule has 0 amide bonds. The van der Waals surface area contributed by atoms with Crippen LogP contribution < -0.4 is 9.47 Å². The lowest BCUT2D eigenvalue weighted by atomic mass is 10.1. The minimum atomic E-state index is -0.351. The molecule has 0 aliphatic carbocycles. The van der Waals surface area contributed by atoms with Crippen molar-refractivity contribution in [3.63, 3.8) is 0 Å². The quantitative estimate of drug-likeness (QED) is 0.385. The second-order valence-corrected chi connectivity index (χ2v) is 7.22. The highest BCUT2D eigenvalue weighted by Gasteiger charge is 2.13. The van der Waals surface area contributed by atoms with Gasteiger partial charge in [-0.05, 0) is 72.3 Å². The number of hydrogen-bond acceptors (Lipinski definition) is 5. The molecule has 3 aromatic carbocycles. The SMILES string of the molecule is COC(=O)c1ccc(Cn2nc(-c3ccc(OC)cc3)cc2-c2ccc(OC)cc2)cc1. The first-order valence-corrected chi connectivity index (χ1v) is 10.1. The van der Waals surface area contributed by atoms with Crippen LogP contribution in [0.1, 0.15) is 15.9 Å². The van der Waals surface area contributed by atoms with Gasteiger partial charge < -0.3 is 14.2 Å². The zero-order valence-corrected chi connectivity index (χ0v) is 18.2. The maximum Gasteiger partial charge on any atom is 0.337 e. The normalized spacial score (nSPS) is 10.6. The van der Waals surface area contributed by atoms with E-state index in [2.05, 4.69) is 6.07 Å². The number of nitrogens with zero attached hydrogens (tertiary/aromatic N) is 2. The molecule has 6 heteroatoms. The molecular weight excluding hydrogens is 404 g/mol. The zero-order chi connectivity index (χ0) is 22.5. The van der Waals surface area contributed by atoms with E-state index in [9.17, 15) is 4.79 Å². The van der Waals surface area contributed by atoms with E-state index in [0.717, 1.165) is 39.6 Å². The Labute approximate surface area is 187 Å². The third-order valence-electron chi connectivity index (χ3n) is 5.26. The highest BCUT2D eigenvalue weighted by molar-refractivity contribution is 5.89. The molecule has 32 heavy (non-hydrogen) atoms. The fraction of sp³-hybridized carbons (Fsp3) is 0.154. The molecule has 6 nitrogen and oxygen atoms in total. The maximum absolute atomic E-state index is 11.7. The molecule has 4 rings (SSSR count). The van der Waals surface area contributed by atoms with Crippen LogP contribution in [-0.4, -0.2) is 37.1 Å². The van der Waals surface area contributed by atoms with E-state index in [0.29, 0.717) is 12.1 Å². The van der Waals surface area contributed by atoms with Crippen molar-refractivity contribution in [2.24, 2.45) is 0 Å². The Morgan fingerprint density at radius 1 is 0.781 bits per heavy atom. The average Bonchev–Trinajstić information content (AvgIpc) is 3.27. The molecule has 0 aliphatic rings. The van der Waals surface area contributed by atoms with E-state index in [-0.39, 0.29) is 5.97 Å². The molecule has 162 valence electrons. The Kier molecular flexibility index (Phi) is 6.22. The first-order chi connectivity index (χ1) is 15.6. The molecule has 0 radical (unpaired) electrons. The summed E-state index contributed by atoms with van der Waals surface area (Å²) in [6.07, 6.45) is 0. The van der Waals surface area contributed by atoms with Crippen molar-refractivity contribution in [3.05, 3.63) is 90.0 Å². The summed E-state index contributed by atoms with van der Waals surface area (Å²) in [6, 6.07) is 25.2. The summed E-state index contributed by atoms with van der Waals surface area (Å²) in [5.74, 6) is 1.25. The van der Waals surface area contributed by atoms with Gasteiger partial charge in [0.25, 0.3) is 0 Å². The number of esters is 1. The Morgan fingerprint density at radius 2 is 1.34 bits per heavy atom. The van der Waals surface area contributed by atoms with E-state index in [4.69, 9.17) is 19.3 Å². The standard InChI is InChI=1S/C26H24N2O4/c1-30-22-12-8-19(9-13-22)24-16-25(20-10-14-23(31-2)15-11-20)28(27-24)17-18-4-6-21(7-5-18)26(29)32-3/h4-16H,17H2,1-3H3. The number of rotatable bonds is 7. The summed E-state index contributed by atoms with van der Waals surface area (Å²) in [5.41, 5.74) is 5.42. The molecule has 0 atom stereocenters. The number of aromatic nitrogens is 2. The van der Waals surface area contributed by atoms with Crippen molar-refractivity contribution < 1.29 is 19.0 Å². The predicted molar refractivity (Wildman–Crippen MR) is 123 cm³/mol. The molecular formula is C26H24N2O4. The minimum Gasteiger partial charge on any atom is -0.497 e. The Hall–Kier alpha value is -4.06. The van der Waals surface area contributed by atoms with Crippen LogP contribution in [0.5, 0.6) is 11.5 Å². The number of methoxy groups -OCH3 is 3. The highest BCUT2D eigenvalue weighted by atomic mass is 16.5. The van der Waals surface area contributed by atoms with Gasteiger partial charge in [-0.2, -0.15) is 5.10 Å². The van der Waals surface area contributed by atoms with E-state index in [1.54, 1.807) is 26.4 Å². The van der Waals surface area contributed by atoms with Gasteiger partial charge >= 0.3 is 5.97 Å². The van der Waals surface area contributed by atoms with Gasteiger partial charge in [0, 0.05) is 11.1 Å². The first-order valence-electron chi connectivity index (χ1n) is 10.1. The lowest BCUT2D eigenvalue weighted by Crippen LogP contribution is -2.05. The Bertz CT molecular complexity index is 1190. The van der Waals surface area contributed by atoms with Crippen LogP contribution in [0.2, 0.25) is 0 Å². The fourth-order valence-corrected chi connectivity index (χ4v) is 3.47. The van der Waals surface area contributed by atoms with Crippen LogP contribution in [0, 0.1) is 0 Å². The third-order valence-corrected chi connectivity index (χ3v) is 5.26. The summed E-state index contributed by atoms with van der Waals surface area (Å²) in [6.45, 7) is 0.555. The number of ether oxygens (including phenoxy) is 3. The van der Waals surface area contributed by atoms with Gasteiger partial charge in [-0.1, -0.05) is 12.1 Å². The number of hydrogen-bond donors (Lipinski definition) is 0. The van der Waals surface area contributed by atoms with Crippen LogP contribution in [0.3, 0.4) is 0 Å². The van der Waals surface area contributed by atoms with Gasteiger partial charge in [-0.25, -0.2) is 4.79 Å². The predicted octanol–water partition coefficient (Wildman–Crippen LogP) is 5.07. The van der Waals surface area contributed by atoms with Gasteiger partial charge in [-0.15, -0.1) is 0 Å². The second kappa shape index (κ2) is 9.39. The molecule has 0 saturated carbocycles. The van der Waals surface area contributed by atoms with Crippen molar-refractivity contribution >= 4 is 5.97 Å². The summed E-state index contributed by atoms with van der Waals surface area (Å²) in [4.78, 5) is 11.7. The third kappa shape index (κ3) is 4.49. The zero-order valence-electron chi connectivity index (χ0n) is 18.2. The Morgan fingerprint density at radius 3 is 1.88 bits per heavy atom. The molecule has 4 aromatic rings. The van der Waals surface area contributed by atoms with Crippen LogP contribution in [0.4, 0.5) is 0 Å². The maximum atomic E-state index is 11.7. The van der Waals surface area contributed by atoms with Crippen LogP contribution in [0.15, 0.2) is 78.9 Å². The topological polar surface area (TPSA) is 62.6 Å². The smallest absolute Gasteiger partial charge is 0.337 e. The molecule has 1 aromatic heterocycles. The summed E-state index contributed by atoms with van der Waals surface area (Å²) < 4.78 is 17.3. The van der Waals surface area contributed by atoms with E-state index in [1.807, 2.05) is 65.3 Å². The highest BCUT2D eigenvalue weighted by Crippen LogP contribution is 2.29. The van der Waals surface area contributed by atoms with Crippen molar-refractivity contribution in [1.29, 1.82) is 0 Å². The largest absolute Gasteiger partial charge is 0.497 e. The van der Waals surface area contributed by atoms with Crippen molar-refractivity contribution in [2.75, 3.05) is 21.3 Å². The molecule has 0 aliphatic heterocycles. The monoisotopic (exact) mass is 428 g/mol. The Balaban J connectivity index is 1.71. The molecule has 0 fully saturated rings. The van der Waals surface area contributed by atoms with E-state index >= 15 is 0 Å².